The summed E-state index contributed by atoms with van der Waals surface area (Å²) in [6, 6.07) is 11.7. The van der Waals surface area contributed by atoms with Gasteiger partial charge < -0.3 is 0 Å². The molecule has 23 heavy (non-hydrogen) atoms. The van der Waals surface area contributed by atoms with E-state index in [0.717, 1.165) is 0 Å². The average molecular weight is 333 g/mol. The standard InChI is InChI=1S/C17H13F2NO2S/c18-13-5-1-11(2-6-13)16-9-14(19)10-17(16)12-3-7-15(8-4-12)23(20,21)22/h1-10,14H,(H2,20,21,22). The summed E-state index contributed by atoms with van der Waals surface area (Å²) in [5.74, 6) is -0.368. The number of sulfonamides is 1. The Kier molecular flexibility index (Phi) is 3.87. The molecule has 2 aromatic rings. The number of allylic oxidation sites excluding steroid dienone is 4. The van der Waals surface area contributed by atoms with Crippen molar-refractivity contribution in [3.8, 4) is 0 Å². The fourth-order valence-electron chi connectivity index (χ4n) is 2.50. The van der Waals surface area contributed by atoms with Crippen LogP contribution in [-0.4, -0.2) is 14.6 Å². The van der Waals surface area contributed by atoms with Crippen molar-refractivity contribution in [2.24, 2.45) is 5.14 Å². The van der Waals surface area contributed by atoms with Gasteiger partial charge >= 0.3 is 0 Å². The smallest absolute Gasteiger partial charge is 0.238 e. The maximum Gasteiger partial charge on any atom is 0.238 e. The molecule has 6 heteroatoms. The molecule has 0 spiro atoms. The minimum Gasteiger partial charge on any atom is -0.238 e. The third-order valence-corrected chi connectivity index (χ3v) is 4.52. The molecular weight excluding hydrogens is 320 g/mol. The van der Waals surface area contributed by atoms with Crippen LogP contribution in [0.25, 0.3) is 11.1 Å². The number of hydrogen-bond donors (Lipinski definition) is 1. The molecule has 0 saturated carbocycles. The van der Waals surface area contributed by atoms with E-state index in [0.29, 0.717) is 22.3 Å². The highest BCUT2D eigenvalue weighted by molar-refractivity contribution is 7.89. The van der Waals surface area contributed by atoms with Crippen molar-refractivity contribution in [3.05, 3.63) is 77.6 Å². The lowest BCUT2D eigenvalue weighted by molar-refractivity contribution is 0.474. The van der Waals surface area contributed by atoms with Gasteiger partial charge in [-0.05, 0) is 58.7 Å². The van der Waals surface area contributed by atoms with Crippen LogP contribution in [0.2, 0.25) is 0 Å². The number of hydrogen-bond acceptors (Lipinski definition) is 2. The topological polar surface area (TPSA) is 60.2 Å². The van der Waals surface area contributed by atoms with Gasteiger partial charge in [-0.2, -0.15) is 0 Å². The molecule has 2 N–H and O–H groups in total. The number of halogens is 2. The van der Waals surface area contributed by atoms with E-state index in [4.69, 9.17) is 5.14 Å². The van der Waals surface area contributed by atoms with Crippen LogP contribution in [0.1, 0.15) is 11.1 Å². The Morgan fingerprint density at radius 3 is 1.70 bits per heavy atom. The number of rotatable bonds is 3. The van der Waals surface area contributed by atoms with E-state index in [1.165, 1.54) is 36.4 Å². The van der Waals surface area contributed by atoms with Crippen molar-refractivity contribution < 1.29 is 17.2 Å². The van der Waals surface area contributed by atoms with Gasteiger partial charge in [-0.1, -0.05) is 24.3 Å². The highest BCUT2D eigenvalue weighted by atomic mass is 32.2. The average Bonchev–Trinajstić information content (AvgIpc) is 2.89. The largest absolute Gasteiger partial charge is 0.238 e. The molecule has 0 saturated heterocycles. The number of nitrogens with two attached hydrogens (primary N) is 1. The Hall–Kier alpha value is -2.31. The zero-order chi connectivity index (χ0) is 16.6. The minimum atomic E-state index is -3.77. The number of primary sulfonamides is 1. The summed E-state index contributed by atoms with van der Waals surface area (Å²) in [6.45, 7) is 0. The van der Waals surface area contributed by atoms with Crippen LogP contribution in [-0.2, 0) is 10.0 Å². The van der Waals surface area contributed by atoms with Gasteiger partial charge in [0.05, 0.1) is 4.90 Å². The zero-order valence-electron chi connectivity index (χ0n) is 11.9. The highest BCUT2D eigenvalue weighted by Crippen LogP contribution is 2.37. The predicted octanol–water partition coefficient (Wildman–Crippen LogP) is 3.29. The first-order valence-corrected chi connectivity index (χ1v) is 8.36. The van der Waals surface area contributed by atoms with Crippen LogP contribution < -0.4 is 5.14 Å². The van der Waals surface area contributed by atoms with Crippen LogP contribution in [0.15, 0.2) is 65.6 Å². The molecule has 1 aliphatic rings. The van der Waals surface area contributed by atoms with E-state index in [-0.39, 0.29) is 10.7 Å². The zero-order valence-corrected chi connectivity index (χ0v) is 12.7. The van der Waals surface area contributed by atoms with E-state index < -0.39 is 16.2 Å². The molecule has 1 aliphatic carbocycles. The van der Waals surface area contributed by atoms with E-state index >= 15 is 0 Å². The lowest BCUT2D eigenvalue weighted by atomic mass is 9.95. The molecule has 118 valence electrons. The molecule has 2 aromatic carbocycles. The van der Waals surface area contributed by atoms with Gasteiger partial charge in [0.2, 0.25) is 10.0 Å². The van der Waals surface area contributed by atoms with Crippen LogP contribution in [0.4, 0.5) is 8.78 Å². The molecular formula is C17H13F2NO2S. The normalized spacial score (nSPS) is 17.8. The SMILES string of the molecule is NS(=O)(=O)c1ccc(C2=CC(F)C=C2c2ccc(F)cc2)cc1. The molecule has 3 nitrogen and oxygen atoms in total. The molecule has 0 fully saturated rings. The molecule has 0 amide bonds. The monoisotopic (exact) mass is 333 g/mol. The third kappa shape index (κ3) is 3.23. The maximum absolute atomic E-state index is 13.8. The van der Waals surface area contributed by atoms with Crippen LogP contribution in [0.5, 0.6) is 0 Å². The highest BCUT2D eigenvalue weighted by Gasteiger charge is 2.20. The summed E-state index contributed by atoms with van der Waals surface area (Å²) >= 11 is 0. The van der Waals surface area contributed by atoms with Crippen LogP contribution >= 0.6 is 0 Å². The fourth-order valence-corrected chi connectivity index (χ4v) is 3.02. The first-order chi connectivity index (χ1) is 10.8. The second-order valence-electron chi connectivity index (χ2n) is 5.18. The molecule has 0 aromatic heterocycles. The summed E-state index contributed by atoms with van der Waals surface area (Å²) in [6.07, 6.45) is 1.63. The second kappa shape index (κ2) is 5.72. The summed E-state index contributed by atoms with van der Waals surface area (Å²) in [5, 5.41) is 5.07. The summed E-state index contributed by atoms with van der Waals surface area (Å²) in [7, 11) is -3.77. The van der Waals surface area contributed by atoms with E-state index in [1.807, 2.05) is 0 Å². The van der Waals surface area contributed by atoms with Gasteiger partial charge in [-0.15, -0.1) is 0 Å². The first kappa shape index (κ1) is 15.6. The molecule has 1 unspecified atom stereocenters. The van der Waals surface area contributed by atoms with Crippen molar-refractivity contribution in [1.82, 2.24) is 0 Å². The van der Waals surface area contributed by atoms with E-state index in [2.05, 4.69) is 0 Å². The first-order valence-electron chi connectivity index (χ1n) is 6.82. The quantitative estimate of drug-likeness (QED) is 0.937. The number of benzene rings is 2. The van der Waals surface area contributed by atoms with Crippen molar-refractivity contribution in [3.63, 3.8) is 0 Å². The van der Waals surface area contributed by atoms with Gasteiger partial charge in [0, 0.05) is 0 Å². The Morgan fingerprint density at radius 2 is 1.26 bits per heavy atom. The van der Waals surface area contributed by atoms with Crippen LogP contribution in [0, 0.1) is 5.82 Å². The fraction of sp³-hybridized carbons (Fsp3) is 0.0588. The van der Waals surface area contributed by atoms with Gasteiger partial charge in [-0.3, -0.25) is 0 Å². The second-order valence-corrected chi connectivity index (χ2v) is 6.74. The molecule has 3 rings (SSSR count). The molecule has 0 bridgehead atoms. The van der Waals surface area contributed by atoms with Crippen LogP contribution in [0.3, 0.4) is 0 Å². The van der Waals surface area contributed by atoms with Gasteiger partial charge in [0.1, 0.15) is 12.0 Å². The van der Waals surface area contributed by atoms with Gasteiger partial charge in [0.25, 0.3) is 0 Å². The summed E-state index contributed by atoms with van der Waals surface area (Å²) in [5.41, 5.74) is 2.62. The van der Waals surface area contributed by atoms with Crippen molar-refractivity contribution in [2.45, 2.75) is 11.1 Å². The Bertz CT molecular complexity index is 899. The lowest BCUT2D eigenvalue weighted by Gasteiger charge is -2.10. The lowest BCUT2D eigenvalue weighted by Crippen LogP contribution is -2.11. The molecule has 0 radical (unpaired) electrons. The van der Waals surface area contributed by atoms with Crippen molar-refractivity contribution in [1.29, 1.82) is 0 Å². The number of alkyl halides is 1. The summed E-state index contributed by atoms with van der Waals surface area (Å²) in [4.78, 5) is -0.0102. The van der Waals surface area contributed by atoms with E-state index in [9.17, 15) is 17.2 Å². The van der Waals surface area contributed by atoms with Gasteiger partial charge in [-0.25, -0.2) is 22.3 Å². The molecule has 0 heterocycles. The Balaban J connectivity index is 2.00. The maximum atomic E-state index is 13.8. The third-order valence-electron chi connectivity index (χ3n) is 3.59. The predicted molar refractivity (Wildman–Crippen MR) is 85.1 cm³/mol. The Morgan fingerprint density at radius 1 is 0.826 bits per heavy atom. The van der Waals surface area contributed by atoms with Crippen molar-refractivity contribution >= 4 is 21.2 Å². The Labute approximate surface area is 132 Å². The van der Waals surface area contributed by atoms with Gasteiger partial charge in [0.15, 0.2) is 0 Å². The van der Waals surface area contributed by atoms with E-state index in [1.54, 1.807) is 24.3 Å². The molecule has 1 atom stereocenters. The summed E-state index contributed by atoms with van der Waals surface area (Å²) < 4.78 is 49.4. The minimum absolute atomic E-state index is 0.0102. The molecule has 0 aliphatic heterocycles. The van der Waals surface area contributed by atoms with Crippen molar-refractivity contribution in [2.75, 3.05) is 0 Å².